The van der Waals surface area contributed by atoms with Crippen molar-refractivity contribution in [3.63, 3.8) is 0 Å². The third-order valence-electron chi connectivity index (χ3n) is 5.12. The first kappa shape index (κ1) is 24.7. The minimum atomic E-state index is -3.78. The van der Waals surface area contributed by atoms with Crippen LogP contribution >= 0.6 is 0 Å². The monoisotopic (exact) mass is 486 g/mol. The molecule has 0 radical (unpaired) electrons. The Kier molecular flexibility index (Phi) is 7.54. The van der Waals surface area contributed by atoms with Gasteiger partial charge in [0.25, 0.3) is 5.56 Å². The third kappa shape index (κ3) is 5.91. The molecule has 1 heterocycles. The molecule has 0 aliphatic carbocycles. The van der Waals surface area contributed by atoms with Crippen molar-refractivity contribution in [2.45, 2.75) is 31.4 Å². The highest BCUT2D eigenvalue weighted by atomic mass is 32.2. The predicted octanol–water partition coefficient (Wildman–Crippen LogP) is 0.241. The van der Waals surface area contributed by atoms with Crippen LogP contribution in [-0.4, -0.2) is 31.0 Å². The average molecular weight is 487 g/mol. The molecule has 0 aliphatic rings. The maximum absolute atomic E-state index is 13.0. The van der Waals surface area contributed by atoms with E-state index >= 15 is 0 Å². The maximum atomic E-state index is 13.0. The number of aromatic nitrogens is 1. The molecule has 1 aromatic heterocycles. The van der Waals surface area contributed by atoms with Gasteiger partial charge in [-0.05, 0) is 34.5 Å². The van der Waals surface area contributed by atoms with Crippen LogP contribution in [0.25, 0.3) is 10.8 Å². The first-order chi connectivity index (χ1) is 16.1. The standard InChI is InChI=1S/C22H26N6O5S/c1-14(33-27-22(24)25)19(20(23)29)28-11-5-9-16(21(28)30)12-26-34(31,32)13-17-8-4-7-15-6-2-3-10-18(15)17/h2-11,14,19,26H,12-13H2,1H3,(H2,23,29)(H4,24,25,27). The highest BCUT2D eigenvalue weighted by Crippen LogP contribution is 2.20. The van der Waals surface area contributed by atoms with Crippen LogP contribution in [0.5, 0.6) is 0 Å². The van der Waals surface area contributed by atoms with Gasteiger partial charge in [-0.25, -0.2) is 13.1 Å². The molecule has 0 saturated heterocycles. The molecule has 12 heteroatoms. The molecular formula is C22H26N6O5S. The Morgan fingerprint density at radius 2 is 1.74 bits per heavy atom. The number of rotatable bonds is 10. The Morgan fingerprint density at radius 1 is 1.06 bits per heavy atom. The largest absolute Gasteiger partial charge is 0.387 e. The summed E-state index contributed by atoms with van der Waals surface area (Å²) >= 11 is 0. The van der Waals surface area contributed by atoms with Crippen molar-refractivity contribution in [3.05, 3.63) is 82.3 Å². The first-order valence-electron chi connectivity index (χ1n) is 10.3. The number of carbonyl (C=O) groups excluding carboxylic acids is 1. The molecule has 0 saturated carbocycles. The van der Waals surface area contributed by atoms with Gasteiger partial charge < -0.3 is 22.0 Å². The molecular weight excluding hydrogens is 460 g/mol. The van der Waals surface area contributed by atoms with Crippen molar-refractivity contribution in [3.8, 4) is 0 Å². The van der Waals surface area contributed by atoms with Gasteiger partial charge in [0.15, 0.2) is 12.1 Å². The number of hydrogen-bond donors (Lipinski definition) is 4. The normalized spacial score (nSPS) is 13.2. The number of nitrogens with zero attached hydrogens (tertiary/aromatic N) is 2. The summed E-state index contributed by atoms with van der Waals surface area (Å²) in [6.07, 6.45) is 0.372. The molecule has 7 N–H and O–H groups in total. The summed E-state index contributed by atoms with van der Waals surface area (Å²) in [6, 6.07) is 14.6. The average Bonchev–Trinajstić information content (AvgIpc) is 2.78. The SMILES string of the molecule is CC(ON=C(N)N)C(C(N)=O)n1cccc(CNS(=O)(=O)Cc2cccc3ccccc23)c1=O. The number of fused-ring (bicyclic) bond motifs is 1. The Labute approximate surface area is 196 Å². The Hall–Kier alpha value is -3.90. The summed E-state index contributed by atoms with van der Waals surface area (Å²) in [5, 5.41) is 5.15. The highest BCUT2D eigenvalue weighted by Gasteiger charge is 2.28. The zero-order valence-corrected chi connectivity index (χ0v) is 19.2. The number of benzene rings is 2. The first-order valence-corrected chi connectivity index (χ1v) is 11.9. The maximum Gasteiger partial charge on any atom is 0.255 e. The number of amides is 1. The molecule has 0 aliphatic heterocycles. The molecule has 2 unspecified atom stereocenters. The number of nitrogens with two attached hydrogens (primary N) is 3. The minimum Gasteiger partial charge on any atom is -0.387 e. The van der Waals surface area contributed by atoms with Gasteiger partial charge in [0.1, 0.15) is 0 Å². The molecule has 3 rings (SSSR count). The lowest BCUT2D eigenvalue weighted by molar-refractivity contribution is -0.125. The van der Waals surface area contributed by atoms with Crippen LogP contribution in [0.3, 0.4) is 0 Å². The highest BCUT2D eigenvalue weighted by molar-refractivity contribution is 7.88. The van der Waals surface area contributed by atoms with Crippen LogP contribution in [0.4, 0.5) is 0 Å². The molecule has 34 heavy (non-hydrogen) atoms. The second-order valence-electron chi connectivity index (χ2n) is 7.64. The van der Waals surface area contributed by atoms with Crippen LogP contribution < -0.4 is 27.5 Å². The fourth-order valence-electron chi connectivity index (χ4n) is 3.57. The van der Waals surface area contributed by atoms with Gasteiger partial charge in [-0.2, -0.15) is 0 Å². The number of hydrogen-bond acceptors (Lipinski definition) is 6. The smallest absolute Gasteiger partial charge is 0.255 e. The summed E-state index contributed by atoms with van der Waals surface area (Å²) in [7, 11) is -3.78. The summed E-state index contributed by atoms with van der Waals surface area (Å²) in [6.45, 7) is 1.19. The van der Waals surface area contributed by atoms with Crippen molar-refractivity contribution in [2.75, 3.05) is 0 Å². The summed E-state index contributed by atoms with van der Waals surface area (Å²) < 4.78 is 29.0. The lowest BCUT2D eigenvalue weighted by atomic mass is 10.1. The van der Waals surface area contributed by atoms with Gasteiger partial charge >= 0.3 is 0 Å². The van der Waals surface area contributed by atoms with E-state index in [-0.39, 0.29) is 23.8 Å². The van der Waals surface area contributed by atoms with Crippen LogP contribution in [0.15, 0.2) is 70.7 Å². The van der Waals surface area contributed by atoms with E-state index in [2.05, 4.69) is 9.88 Å². The Morgan fingerprint density at radius 3 is 2.44 bits per heavy atom. The molecule has 2 aromatic carbocycles. The number of nitrogens with one attached hydrogen (secondary N) is 1. The van der Waals surface area contributed by atoms with E-state index in [0.717, 1.165) is 15.3 Å². The molecule has 2 atom stereocenters. The van der Waals surface area contributed by atoms with Gasteiger partial charge in [0, 0.05) is 18.3 Å². The number of oxime groups is 1. The molecule has 3 aromatic rings. The molecule has 0 spiro atoms. The lowest BCUT2D eigenvalue weighted by Gasteiger charge is -2.22. The third-order valence-corrected chi connectivity index (χ3v) is 6.40. The van der Waals surface area contributed by atoms with Gasteiger partial charge in [-0.15, -0.1) is 0 Å². The second-order valence-corrected chi connectivity index (χ2v) is 9.45. The summed E-state index contributed by atoms with van der Waals surface area (Å²) in [4.78, 5) is 30.1. The molecule has 0 fully saturated rings. The topological polar surface area (TPSA) is 185 Å². The quantitative estimate of drug-likeness (QED) is 0.179. The zero-order valence-electron chi connectivity index (χ0n) is 18.4. The number of pyridine rings is 1. The van der Waals surface area contributed by atoms with E-state index in [9.17, 15) is 18.0 Å². The predicted molar refractivity (Wildman–Crippen MR) is 129 cm³/mol. The van der Waals surface area contributed by atoms with Gasteiger partial charge in [0.05, 0.1) is 5.75 Å². The second kappa shape index (κ2) is 10.4. The van der Waals surface area contributed by atoms with E-state index in [4.69, 9.17) is 22.0 Å². The van der Waals surface area contributed by atoms with Crippen LogP contribution in [0.2, 0.25) is 0 Å². The van der Waals surface area contributed by atoms with E-state index in [1.54, 1.807) is 12.1 Å². The zero-order chi connectivity index (χ0) is 24.9. The molecule has 1 amide bonds. The van der Waals surface area contributed by atoms with Crippen molar-refractivity contribution < 1.29 is 18.0 Å². The van der Waals surface area contributed by atoms with Gasteiger partial charge in [0.2, 0.25) is 21.9 Å². The van der Waals surface area contributed by atoms with Crippen molar-refractivity contribution in [1.29, 1.82) is 0 Å². The fraction of sp³-hybridized carbons (Fsp3) is 0.227. The van der Waals surface area contributed by atoms with E-state index in [1.165, 1.54) is 25.3 Å². The number of carbonyl (C=O) groups is 1. The molecule has 180 valence electrons. The number of sulfonamides is 1. The van der Waals surface area contributed by atoms with Crippen LogP contribution in [0.1, 0.15) is 24.1 Å². The Balaban J connectivity index is 1.81. The van der Waals surface area contributed by atoms with Gasteiger partial charge in [-0.1, -0.05) is 48.5 Å². The summed E-state index contributed by atoms with van der Waals surface area (Å²) in [5.74, 6) is -1.48. The van der Waals surface area contributed by atoms with E-state index in [1.807, 2.05) is 30.3 Å². The summed E-state index contributed by atoms with van der Waals surface area (Å²) in [5.41, 5.74) is 16.1. The van der Waals surface area contributed by atoms with Crippen molar-refractivity contribution >= 4 is 32.7 Å². The van der Waals surface area contributed by atoms with Crippen LogP contribution in [0, 0.1) is 0 Å². The van der Waals surface area contributed by atoms with Crippen molar-refractivity contribution in [2.24, 2.45) is 22.4 Å². The Bertz CT molecular complexity index is 1380. The van der Waals surface area contributed by atoms with Crippen molar-refractivity contribution in [1.82, 2.24) is 9.29 Å². The fourth-order valence-corrected chi connectivity index (χ4v) is 4.71. The molecule has 0 bridgehead atoms. The van der Waals surface area contributed by atoms with Gasteiger partial charge in [-0.3, -0.25) is 14.2 Å². The van der Waals surface area contributed by atoms with Crippen LogP contribution in [-0.2, 0) is 32.0 Å². The minimum absolute atomic E-state index is 0.115. The lowest BCUT2D eigenvalue weighted by Crippen LogP contribution is -2.42. The number of primary amides is 1. The number of guanidine groups is 1. The molecule has 11 nitrogen and oxygen atoms in total. The van der Waals surface area contributed by atoms with E-state index in [0.29, 0.717) is 5.56 Å². The van der Waals surface area contributed by atoms with E-state index < -0.39 is 33.6 Å².